The van der Waals surface area contributed by atoms with Gasteiger partial charge in [-0.25, -0.2) is 0 Å². The molecule has 0 saturated heterocycles. The second-order valence-corrected chi connectivity index (χ2v) is 8.77. The SMILES string of the molecule is CN=Cc1c(NC(=O)/C=C/c2cccnc2)sc2c1CCN(C(=O)CCc1cccnc1)C2. The number of rotatable bonds is 7. The summed E-state index contributed by atoms with van der Waals surface area (Å²) in [7, 11) is 1.72. The minimum atomic E-state index is -0.215. The average molecular weight is 460 g/mol. The molecule has 33 heavy (non-hydrogen) atoms. The first kappa shape index (κ1) is 22.5. The number of nitrogens with zero attached hydrogens (tertiary/aromatic N) is 4. The number of aryl methyl sites for hydroxylation is 1. The molecule has 1 aliphatic rings. The van der Waals surface area contributed by atoms with Crippen molar-refractivity contribution < 1.29 is 9.59 Å². The van der Waals surface area contributed by atoms with Crippen LogP contribution in [0.3, 0.4) is 0 Å². The van der Waals surface area contributed by atoms with Crippen molar-refractivity contribution in [3.63, 3.8) is 0 Å². The first-order chi connectivity index (χ1) is 16.1. The molecule has 0 fully saturated rings. The Morgan fingerprint density at radius 1 is 1.21 bits per heavy atom. The third-order valence-corrected chi connectivity index (χ3v) is 6.56. The van der Waals surface area contributed by atoms with Gasteiger partial charge in [-0.2, -0.15) is 0 Å². The van der Waals surface area contributed by atoms with Gasteiger partial charge in [-0.3, -0.25) is 24.5 Å². The van der Waals surface area contributed by atoms with Crippen LogP contribution >= 0.6 is 11.3 Å². The molecular formula is C25H25N5O2S. The van der Waals surface area contributed by atoms with E-state index in [2.05, 4.69) is 20.3 Å². The van der Waals surface area contributed by atoms with Crippen molar-refractivity contribution in [3.05, 3.63) is 82.3 Å². The molecule has 1 N–H and O–H groups in total. The molecule has 2 amide bonds. The van der Waals surface area contributed by atoms with Crippen LogP contribution in [-0.4, -0.2) is 46.5 Å². The van der Waals surface area contributed by atoms with E-state index in [1.807, 2.05) is 29.2 Å². The summed E-state index contributed by atoms with van der Waals surface area (Å²) in [6.07, 6.45) is 13.8. The molecule has 0 saturated carbocycles. The number of carbonyl (C=O) groups excluding carboxylic acids is 2. The largest absolute Gasteiger partial charge is 0.337 e. The Labute approximate surface area is 196 Å². The highest BCUT2D eigenvalue weighted by atomic mass is 32.1. The van der Waals surface area contributed by atoms with Gasteiger partial charge in [0, 0.05) is 67.5 Å². The van der Waals surface area contributed by atoms with Gasteiger partial charge in [0.1, 0.15) is 5.00 Å². The highest BCUT2D eigenvalue weighted by molar-refractivity contribution is 7.17. The standard InChI is InChI=1S/C25H25N5O2S/c1-26-16-21-20-10-13-30(24(32)9-7-19-5-3-12-28-15-19)17-22(20)33-25(21)29-23(31)8-6-18-4-2-11-27-14-18/h2-6,8,11-12,14-16H,7,9-10,13,17H2,1H3,(H,29,31)/b8-6+,26-16?. The molecule has 8 heteroatoms. The maximum absolute atomic E-state index is 12.8. The second-order valence-electron chi connectivity index (χ2n) is 7.67. The first-order valence-electron chi connectivity index (χ1n) is 10.8. The Morgan fingerprint density at radius 3 is 2.76 bits per heavy atom. The number of amides is 2. The molecule has 0 spiro atoms. The predicted molar refractivity (Wildman–Crippen MR) is 131 cm³/mol. The third-order valence-electron chi connectivity index (χ3n) is 5.41. The first-order valence-corrected chi connectivity index (χ1v) is 11.6. The summed E-state index contributed by atoms with van der Waals surface area (Å²) in [4.78, 5) is 40.7. The van der Waals surface area contributed by atoms with Crippen LogP contribution < -0.4 is 5.32 Å². The van der Waals surface area contributed by atoms with Gasteiger partial charge in [-0.1, -0.05) is 12.1 Å². The molecular weight excluding hydrogens is 434 g/mol. The maximum atomic E-state index is 12.8. The topological polar surface area (TPSA) is 87.5 Å². The summed E-state index contributed by atoms with van der Waals surface area (Å²) in [5, 5.41) is 3.74. The van der Waals surface area contributed by atoms with Crippen molar-refractivity contribution in [2.45, 2.75) is 25.8 Å². The number of hydrogen-bond acceptors (Lipinski definition) is 6. The van der Waals surface area contributed by atoms with Gasteiger partial charge in [-0.15, -0.1) is 11.3 Å². The van der Waals surface area contributed by atoms with Gasteiger partial charge >= 0.3 is 0 Å². The summed E-state index contributed by atoms with van der Waals surface area (Å²) < 4.78 is 0. The van der Waals surface area contributed by atoms with Crippen molar-refractivity contribution in [1.29, 1.82) is 0 Å². The average Bonchev–Trinajstić information content (AvgIpc) is 3.18. The van der Waals surface area contributed by atoms with Crippen LogP contribution in [0.5, 0.6) is 0 Å². The minimum absolute atomic E-state index is 0.133. The highest BCUT2D eigenvalue weighted by Crippen LogP contribution is 2.36. The summed E-state index contributed by atoms with van der Waals surface area (Å²) in [5.74, 6) is -0.0822. The smallest absolute Gasteiger partial charge is 0.249 e. The number of fused-ring (bicyclic) bond motifs is 1. The molecule has 4 heterocycles. The Kier molecular flexibility index (Phi) is 7.36. The van der Waals surface area contributed by atoms with E-state index >= 15 is 0 Å². The lowest BCUT2D eigenvalue weighted by Crippen LogP contribution is -2.35. The van der Waals surface area contributed by atoms with E-state index < -0.39 is 0 Å². The van der Waals surface area contributed by atoms with Gasteiger partial charge in [0.15, 0.2) is 0 Å². The van der Waals surface area contributed by atoms with Gasteiger partial charge in [0.05, 0.1) is 6.54 Å². The minimum Gasteiger partial charge on any atom is -0.337 e. The molecule has 0 aromatic carbocycles. The van der Waals surface area contributed by atoms with Crippen LogP contribution in [-0.2, 0) is 29.0 Å². The summed E-state index contributed by atoms with van der Waals surface area (Å²) in [6, 6.07) is 7.58. The normalized spacial score (nSPS) is 13.4. The molecule has 3 aromatic heterocycles. The molecule has 1 aliphatic heterocycles. The molecule has 0 unspecified atom stereocenters. The van der Waals surface area contributed by atoms with E-state index in [1.54, 1.807) is 44.1 Å². The number of aliphatic imine (C=N–C) groups is 1. The quantitative estimate of drug-likeness (QED) is 0.431. The van der Waals surface area contributed by atoms with E-state index in [1.165, 1.54) is 17.4 Å². The Balaban J connectivity index is 1.44. The Hall–Kier alpha value is -3.65. The molecule has 0 bridgehead atoms. The van der Waals surface area contributed by atoms with E-state index in [-0.39, 0.29) is 11.8 Å². The zero-order valence-electron chi connectivity index (χ0n) is 18.4. The van der Waals surface area contributed by atoms with Crippen LogP contribution in [0, 0.1) is 0 Å². The van der Waals surface area contributed by atoms with E-state index in [0.29, 0.717) is 25.9 Å². The second kappa shape index (κ2) is 10.8. The molecule has 7 nitrogen and oxygen atoms in total. The lowest BCUT2D eigenvalue weighted by Gasteiger charge is -2.27. The van der Waals surface area contributed by atoms with E-state index in [9.17, 15) is 9.59 Å². The summed E-state index contributed by atoms with van der Waals surface area (Å²) in [6.45, 7) is 1.21. The number of nitrogens with one attached hydrogen (secondary N) is 1. The fourth-order valence-electron chi connectivity index (χ4n) is 3.75. The monoisotopic (exact) mass is 459 g/mol. The van der Waals surface area contributed by atoms with Crippen molar-refractivity contribution >= 4 is 40.4 Å². The molecule has 0 radical (unpaired) electrons. The van der Waals surface area contributed by atoms with Crippen molar-refractivity contribution in [2.24, 2.45) is 4.99 Å². The zero-order chi connectivity index (χ0) is 23.0. The number of carbonyl (C=O) groups is 2. The fraction of sp³-hybridized carbons (Fsp3) is 0.240. The lowest BCUT2D eigenvalue weighted by atomic mass is 10.0. The van der Waals surface area contributed by atoms with E-state index in [0.717, 1.165) is 38.6 Å². The highest BCUT2D eigenvalue weighted by Gasteiger charge is 2.26. The van der Waals surface area contributed by atoms with Crippen LogP contribution in [0.4, 0.5) is 5.00 Å². The van der Waals surface area contributed by atoms with Gasteiger partial charge in [-0.05, 0) is 47.7 Å². The van der Waals surface area contributed by atoms with Crippen LogP contribution in [0.2, 0.25) is 0 Å². The summed E-state index contributed by atoms with van der Waals surface area (Å²) >= 11 is 1.51. The molecule has 3 aromatic rings. The molecule has 0 aliphatic carbocycles. The van der Waals surface area contributed by atoms with Crippen LogP contribution in [0.1, 0.15) is 33.6 Å². The van der Waals surface area contributed by atoms with Crippen LogP contribution in [0.15, 0.2) is 60.1 Å². The fourth-order valence-corrected chi connectivity index (χ4v) is 4.99. The maximum Gasteiger partial charge on any atom is 0.249 e. The molecule has 0 atom stereocenters. The number of aromatic nitrogens is 2. The number of hydrogen-bond donors (Lipinski definition) is 1. The van der Waals surface area contributed by atoms with Crippen molar-refractivity contribution in [3.8, 4) is 0 Å². The number of pyridine rings is 2. The molecule has 168 valence electrons. The van der Waals surface area contributed by atoms with Crippen molar-refractivity contribution in [2.75, 3.05) is 18.9 Å². The van der Waals surface area contributed by atoms with Gasteiger partial charge < -0.3 is 10.2 Å². The Morgan fingerprint density at radius 2 is 2.03 bits per heavy atom. The van der Waals surface area contributed by atoms with E-state index in [4.69, 9.17) is 0 Å². The zero-order valence-corrected chi connectivity index (χ0v) is 19.2. The Bertz CT molecular complexity index is 1170. The van der Waals surface area contributed by atoms with Gasteiger partial charge in [0.2, 0.25) is 11.8 Å². The third kappa shape index (κ3) is 5.78. The van der Waals surface area contributed by atoms with Crippen molar-refractivity contribution in [1.82, 2.24) is 14.9 Å². The summed E-state index contributed by atoms with van der Waals surface area (Å²) in [5.41, 5.74) is 4.01. The predicted octanol–water partition coefficient (Wildman–Crippen LogP) is 3.76. The number of anilines is 1. The number of thiophene rings is 1. The molecule has 4 rings (SSSR count). The van der Waals surface area contributed by atoms with Gasteiger partial charge in [0.25, 0.3) is 0 Å². The van der Waals surface area contributed by atoms with Crippen LogP contribution in [0.25, 0.3) is 6.08 Å². The lowest BCUT2D eigenvalue weighted by molar-refractivity contribution is -0.132.